The first kappa shape index (κ1) is 18.4. The number of benzene rings is 1. The number of nitrogens with one attached hydrogen (secondary N) is 2. The van der Waals surface area contributed by atoms with Gasteiger partial charge in [-0.3, -0.25) is 9.36 Å². The summed E-state index contributed by atoms with van der Waals surface area (Å²) < 4.78 is 1.54. The van der Waals surface area contributed by atoms with E-state index >= 15 is 0 Å². The fraction of sp³-hybridized carbons (Fsp3) is 0.294. The normalized spacial score (nSPS) is 10.8. The van der Waals surface area contributed by atoms with Crippen LogP contribution in [-0.4, -0.2) is 31.4 Å². The average Bonchev–Trinajstić information content (AvgIpc) is 3.22. The van der Waals surface area contributed by atoms with Gasteiger partial charge in [0.1, 0.15) is 0 Å². The van der Waals surface area contributed by atoms with Gasteiger partial charge in [-0.05, 0) is 13.3 Å². The van der Waals surface area contributed by atoms with Crippen LogP contribution in [0.15, 0.2) is 39.6 Å². The molecule has 1 amide bonds. The number of thiazole rings is 1. The third kappa shape index (κ3) is 4.41. The van der Waals surface area contributed by atoms with Gasteiger partial charge in [-0.2, -0.15) is 0 Å². The van der Waals surface area contributed by atoms with Crippen molar-refractivity contribution in [3.05, 3.63) is 45.7 Å². The summed E-state index contributed by atoms with van der Waals surface area (Å²) >= 11 is 2.61. The monoisotopic (exact) mass is 389 g/mol. The van der Waals surface area contributed by atoms with Gasteiger partial charge in [0.25, 0.3) is 0 Å². The summed E-state index contributed by atoms with van der Waals surface area (Å²) in [6, 6.07) is 8.08. The van der Waals surface area contributed by atoms with Gasteiger partial charge in [-0.25, -0.2) is 14.9 Å². The van der Waals surface area contributed by atoms with Crippen LogP contribution in [0.3, 0.4) is 0 Å². The van der Waals surface area contributed by atoms with E-state index in [1.54, 1.807) is 0 Å². The van der Waals surface area contributed by atoms with E-state index in [1.165, 1.54) is 33.2 Å². The second-order valence-electron chi connectivity index (χ2n) is 5.70. The highest BCUT2D eigenvalue weighted by atomic mass is 32.2. The number of hydrogen-bond acceptors (Lipinski definition) is 6. The molecule has 2 heterocycles. The minimum absolute atomic E-state index is 0.160. The topological polar surface area (TPSA) is 92.7 Å². The summed E-state index contributed by atoms with van der Waals surface area (Å²) in [6.45, 7) is 4.59. The van der Waals surface area contributed by atoms with E-state index < -0.39 is 0 Å². The lowest BCUT2D eigenvalue weighted by Crippen LogP contribution is -2.18. The largest absolute Gasteiger partial charge is 0.343 e. The fourth-order valence-electron chi connectivity index (χ4n) is 2.31. The summed E-state index contributed by atoms with van der Waals surface area (Å²) in [5.74, 6) is -0.0220. The van der Waals surface area contributed by atoms with Crippen LogP contribution in [0.4, 0.5) is 5.13 Å². The zero-order chi connectivity index (χ0) is 18.5. The van der Waals surface area contributed by atoms with E-state index in [9.17, 15) is 9.59 Å². The number of anilines is 1. The quantitative estimate of drug-likeness (QED) is 0.606. The summed E-state index contributed by atoms with van der Waals surface area (Å²) in [5.41, 5.74) is 2.79. The second kappa shape index (κ2) is 8.33. The van der Waals surface area contributed by atoms with Crippen molar-refractivity contribution in [1.29, 1.82) is 0 Å². The average molecular weight is 390 g/mol. The molecular weight excluding hydrogens is 370 g/mol. The Morgan fingerprint density at radius 2 is 2.12 bits per heavy atom. The van der Waals surface area contributed by atoms with Gasteiger partial charge in [0, 0.05) is 17.5 Å². The van der Waals surface area contributed by atoms with Crippen LogP contribution in [0.1, 0.15) is 18.9 Å². The lowest BCUT2D eigenvalue weighted by Gasteiger charge is -2.03. The molecule has 0 saturated carbocycles. The Hall–Kier alpha value is -2.39. The van der Waals surface area contributed by atoms with E-state index in [0.717, 1.165) is 17.7 Å². The van der Waals surface area contributed by atoms with Crippen molar-refractivity contribution in [2.24, 2.45) is 0 Å². The molecule has 0 aliphatic rings. The maximum atomic E-state index is 12.2. The zero-order valence-corrected chi connectivity index (χ0v) is 16.1. The van der Waals surface area contributed by atoms with Crippen LogP contribution in [0.25, 0.3) is 11.3 Å². The Kier molecular flexibility index (Phi) is 5.89. The number of nitrogens with zero attached hydrogens (tertiary/aromatic N) is 3. The molecule has 3 aromatic rings. The van der Waals surface area contributed by atoms with E-state index in [2.05, 4.69) is 20.5 Å². The number of carbonyl (C=O) groups excluding carboxylic acids is 1. The van der Waals surface area contributed by atoms with Gasteiger partial charge in [0.05, 0.1) is 11.4 Å². The fourth-order valence-corrected chi connectivity index (χ4v) is 3.82. The molecule has 26 heavy (non-hydrogen) atoms. The summed E-state index contributed by atoms with van der Waals surface area (Å²) in [6.07, 6.45) is 0.820. The molecule has 2 N–H and O–H groups in total. The third-order valence-electron chi connectivity index (χ3n) is 3.60. The van der Waals surface area contributed by atoms with Crippen molar-refractivity contribution in [1.82, 2.24) is 19.7 Å². The molecule has 0 radical (unpaired) electrons. The van der Waals surface area contributed by atoms with Crippen LogP contribution in [0.5, 0.6) is 0 Å². The molecule has 136 valence electrons. The Morgan fingerprint density at radius 3 is 2.85 bits per heavy atom. The van der Waals surface area contributed by atoms with Crippen molar-refractivity contribution >= 4 is 34.1 Å². The van der Waals surface area contributed by atoms with Gasteiger partial charge in [0.15, 0.2) is 10.3 Å². The molecule has 0 fully saturated rings. The van der Waals surface area contributed by atoms with Crippen molar-refractivity contribution in [3.63, 3.8) is 0 Å². The van der Waals surface area contributed by atoms with E-state index in [-0.39, 0.29) is 17.3 Å². The first-order chi connectivity index (χ1) is 12.6. The van der Waals surface area contributed by atoms with Gasteiger partial charge in [-0.15, -0.1) is 16.4 Å². The maximum absolute atomic E-state index is 12.2. The molecular formula is C17H19N5O2S2. The zero-order valence-electron chi connectivity index (χ0n) is 14.5. The van der Waals surface area contributed by atoms with Gasteiger partial charge < -0.3 is 5.32 Å². The lowest BCUT2D eigenvalue weighted by molar-refractivity contribution is -0.113. The molecule has 1 aromatic carbocycles. The second-order valence-corrected chi connectivity index (χ2v) is 7.50. The van der Waals surface area contributed by atoms with Crippen molar-refractivity contribution in [3.8, 4) is 11.3 Å². The highest BCUT2D eigenvalue weighted by molar-refractivity contribution is 7.99. The van der Waals surface area contributed by atoms with Crippen molar-refractivity contribution < 1.29 is 4.79 Å². The number of thioether (sulfide) groups is 1. The minimum Gasteiger partial charge on any atom is -0.301 e. The third-order valence-corrected chi connectivity index (χ3v) is 5.33. The number of amides is 1. The van der Waals surface area contributed by atoms with Crippen LogP contribution in [0, 0.1) is 6.92 Å². The molecule has 0 aliphatic heterocycles. The van der Waals surface area contributed by atoms with Crippen molar-refractivity contribution in [2.75, 3.05) is 11.1 Å². The first-order valence-corrected chi connectivity index (χ1v) is 10.0. The van der Waals surface area contributed by atoms with Gasteiger partial charge >= 0.3 is 5.69 Å². The molecule has 0 spiro atoms. The van der Waals surface area contributed by atoms with Crippen LogP contribution < -0.4 is 11.0 Å². The number of H-pyrrole nitrogens is 1. The summed E-state index contributed by atoms with van der Waals surface area (Å²) in [4.78, 5) is 28.3. The van der Waals surface area contributed by atoms with Crippen LogP contribution in [-0.2, 0) is 11.3 Å². The highest BCUT2D eigenvalue weighted by Crippen LogP contribution is 2.25. The first-order valence-electron chi connectivity index (χ1n) is 8.17. The van der Waals surface area contributed by atoms with Gasteiger partial charge in [-0.1, -0.05) is 48.5 Å². The molecule has 9 heteroatoms. The molecule has 0 saturated heterocycles. The highest BCUT2D eigenvalue weighted by Gasteiger charge is 2.12. The predicted octanol–water partition coefficient (Wildman–Crippen LogP) is 3.14. The number of aryl methyl sites for hydroxylation is 1. The Balaban J connectivity index is 1.59. The summed E-state index contributed by atoms with van der Waals surface area (Å²) in [7, 11) is 0. The molecule has 2 aromatic heterocycles. The van der Waals surface area contributed by atoms with E-state index in [1.807, 2.05) is 43.5 Å². The molecule has 0 unspecified atom stereocenters. The Bertz CT molecular complexity index is 943. The molecule has 0 bridgehead atoms. The molecule has 0 atom stereocenters. The minimum atomic E-state index is -0.252. The standard InChI is InChI=1S/C17H19N5O2S2/c1-3-8-22-16(24)20-21-17(22)26-10-14(23)19-15-18-13(9-25-15)12-6-4-11(2)5-7-12/h4-7,9H,3,8,10H2,1-2H3,(H,20,24)(H,18,19,23). The molecule has 0 aliphatic carbocycles. The van der Waals surface area contributed by atoms with Crippen LogP contribution in [0.2, 0.25) is 0 Å². The van der Waals surface area contributed by atoms with E-state index in [0.29, 0.717) is 16.8 Å². The lowest BCUT2D eigenvalue weighted by atomic mass is 10.1. The Labute approximate surface area is 158 Å². The van der Waals surface area contributed by atoms with Crippen molar-refractivity contribution in [2.45, 2.75) is 32.0 Å². The number of carbonyl (C=O) groups is 1. The van der Waals surface area contributed by atoms with Gasteiger partial charge in [0.2, 0.25) is 5.91 Å². The number of aromatic amines is 1. The molecule has 7 nitrogen and oxygen atoms in total. The smallest absolute Gasteiger partial charge is 0.301 e. The number of hydrogen-bond donors (Lipinski definition) is 2. The SMILES string of the molecule is CCCn1c(SCC(=O)Nc2nc(-c3ccc(C)cc3)cs2)n[nH]c1=O. The summed E-state index contributed by atoms with van der Waals surface area (Å²) in [5, 5.41) is 12.2. The Morgan fingerprint density at radius 1 is 1.35 bits per heavy atom. The van der Waals surface area contributed by atoms with E-state index in [4.69, 9.17) is 0 Å². The van der Waals surface area contributed by atoms with Crippen LogP contribution >= 0.6 is 23.1 Å². The predicted molar refractivity (Wildman–Crippen MR) is 105 cm³/mol. The number of aromatic nitrogens is 4. The number of rotatable bonds is 7. The molecule has 3 rings (SSSR count). The maximum Gasteiger partial charge on any atom is 0.343 e.